The fourth-order valence-electron chi connectivity index (χ4n) is 1.58. The Morgan fingerprint density at radius 2 is 1.73 bits per heavy atom. The number of hydrogen-bond donors (Lipinski definition) is 0. The Labute approximate surface area is 94.6 Å². The van der Waals surface area contributed by atoms with Crippen LogP contribution in [-0.4, -0.2) is 10.2 Å². The van der Waals surface area contributed by atoms with Gasteiger partial charge < -0.3 is 4.42 Å². The van der Waals surface area contributed by atoms with Gasteiger partial charge in [0.15, 0.2) is 15.9 Å². The minimum absolute atomic E-state index is 0.227. The summed E-state index contributed by atoms with van der Waals surface area (Å²) in [6.45, 7) is 0. The van der Waals surface area contributed by atoms with Crippen LogP contribution in [0.25, 0.3) is 21.9 Å². The predicted molar refractivity (Wildman–Crippen MR) is 59.3 cm³/mol. The van der Waals surface area contributed by atoms with Gasteiger partial charge in [-0.05, 0) is 6.07 Å². The quantitative estimate of drug-likeness (QED) is 0.600. The Bertz CT molecular complexity index is 663. The molecule has 0 aliphatic heterocycles. The van der Waals surface area contributed by atoms with Crippen LogP contribution in [0.1, 0.15) is 0 Å². The van der Waals surface area contributed by atoms with E-state index in [1.807, 2.05) is 24.3 Å². The first kappa shape index (κ1) is 8.95. The van der Waals surface area contributed by atoms with Crippen molar-refractivity contribution in [2.24, 2.45) is 0 Å². The fourth-order valence-corrected chi connectivity index (χ4v) is 1.98. The second-order valence-electron chi connectivity index (χ2n) is 3.08. The van der Waals surface area contributed by atoms with E-state index in [-0.39, 0.29) is 5.15 Å². The van der Waals surface area contributed by atoms with Crippen LogP contribution in [0.2, 0.25) is 10.3 Å². The third kappa shape index (κ3) is 1.20. The summed E-state index contributed by atoms with van der Waals surface area (Å²) in [6, 6.07) is 7.54. The number of nitrogens with zero attached hydrogens (tertiary/aromatic N) is 2. The summed E-state index contributed by atoms with van der Waals surface area (Å²) >= 11 is 11.8. The molecule has 0 atom stereocenters. The molecule has 3 rings (SSSR count). The first-order chi connectivity index (χ1) is 7.27. The highest BCUT2D eigenvalue weighted by molar-refractivity contribution is 6.40. The van der Waals surface area contributed by atoms with Crippen molar-refractivity contribution < 1.29 is 4.42 Å². The van der Waals surface area contributed by atoms with Gasteiger partial charge in [-0.15, -0.1) is 10.2 Å². The Hall–Kier alpha value is -1.32. The van der Waals surface area contributed by atoms with Crippen LogP contribution in [0.5, 0.6) is 0 Å². The van der Waals surface area contributed by atoms with Crippen molar-refractivity contribution in [1.82, 2.24) is 10.2 Å². The third-order valence-electron chi connectivity index (χ3n) is 2.21. The van der Waals surface area contributed by atoms with Crippen molar-refractivity contribution in [1.29, 1.82) is 0 Å². The van der Waals surface area contributed by atoms with Gasteiger partial charge in [0, 0.05) is 5.39 Å². The van der Waals surface area contributed by atoms with E-state index in [9.17, 15) is 0 Å². The summed E-state index contributed by atoms with van der Waals surface area (Å²) in [5.41, 5.74) is 1.21. The first-order valence-electron chi connectivity index (χ1n) is 4.26. The van der Waals surface area contributed by atoms with Gasteiger partial charge in [-0.2, -0.15) is 0 Å². The summed E-state index contributed by atoms with van der Waals surface area (Å²) in [5, 5.41) is 9.59. The van der Waals surface area contributed by atoms with Gasteiger partial charge in [-0.1, -0.05) is 41.4 Å². The van der Waals surface area contributed by atoms with Crippen molar-refractivity contribution >= 4 is 45.1 Å². The molecule has 0 radical (unpaired) electrons. The molecule has 0 fully saturated rings. The summed E-state index contributed by atoms with van der Waals surface area (Å²) in [6.07, 6.45) is 0. The molecule has 2 heterocycles. The molecule has 0 saturated heterocycles. The lowest BCUT2D eigenvalue weighted by Gasteiger charge is -1.92. The molecule has 0 aliphatic rings. The lowest BCUT2D eigenvalue weighted by Crippen LogP contribution is -1.83. The van der Waals surface area contributed by atoms with Crippen LogP contribution >= 0.6 is 23.2 Å². The minimum atomic E-state index is 0.227. The van der Waals surface area contributed by atoms with E-state index >= 15 is 0 Å². The van der Waals surface area contributed by atoms with Gasteiger partial charge in [0.1, 0.15) is 5.58 Å². The first-order valence-corrected chi connectivity index (χ1v) is 5.02. The Balaban J connectivity index is 2.66. The maximum atomic E-state index is 5.96. The zero-order chi connectivity index (χ0) is 10.4. The number of furan rings is 1. The maximum absolute atomic E-state index is 5.96. The van der Waals surface area contributed by atoms with E-state index in [1.165, 1.54) is 0 Å². The van der Waals surface area contributed by atoms with Gasteiger partial charge in [-0.3, -0.25) is 0 Å². The molecule has 0 unspecified atom stereocenters. The van der Waals surface area contributed by atoms with Gasteiger partial charge in [-0.25, -0.2) is 0 Å². The minimum Gasteiger partial charge on any atom is -0.453 e. The molecule has 0 aliphatic carbocycles. The van der Waals surface area contributed by atoms with Crippen molar-refractivity contribution in [2.75, 3.05) is 0 Å². The fraction of sp³-hybridized carbons (Fsp3) is 0. The molecule has 0 N–H and O–H groups in total. The Morgan fingerprint density at radius 1 is 1.00 bits per heavy atom. The Morgan fingerprint density at radius 3 is 2.60 bits per heavy atom. The molecule has 15 heavy (non-hydrogen) atoms. The molecule has 0 spiro atoms. The average Bonchev–Trinajstić information content (AvgIpc) is 2.64. The van der Waals surface area contributed by atoms with Crippen molar-refractivity contribution in [2.45, 2.75) is 0 Å². The zero-order valence-corrected chi connectivity index (χ0v) is 8.88. The number of benzene rings is 1. The summed E-state index contributed by atoms with van der Waals surface area (Å²) < 4.78 is 5.55. The van der Waals surface area contributed by atoms with Gasteiger partial charge in [0.05, 0.1) is 5.39 Å². The van der Waals surface area contributed by atoms with Crippen LogP contribution in [0.4, 0.5) is 0 Å². The number of rotatable bonds is 0. The second kappa shape index (κ2) is 3.08. The van der Waals surface area contributed by atoms with E-state index < -0.39 is 0 Å². The molecular weight excluding hydrogens is 235 g/mol. The van der Waals surface area contributed by atoms with Gasteiger partial charge >= 0.3 is 0 Å². The van der Waals surface area contributed by atoms with Crippen molar-refractivity contribution in [3.8, 4) is 0 Å². The lowest BCUT2D eigenvalue weighted by molar-refractivity contribution is 0.665. The van der Waals surface area contributed by atoms with Crippen molar-refractivity contribution in [3.63, 3.8) is 0 Å². The summed E-state index contributed by atoms with van der Waals surface area (Å²) in [5.74, 6) is 0. The number of aromatic nitrogens is 2. The predicted octanol–water partition coefficient (Wildman–Crippen LogP) is 3.68. The topological polar surface area (TPSA) is 38.9 Å². The highest BCUT2D eigenvalue weighted by Gasteiger charge is 2.14. The zero-order valence-electron chi connectivity index (χ0n) is 7.37. The van der Waals surface area contributed by atoms with E-state index in [0.29, 0.717) is 16.1 Å². The van der Waals surface area contributed by atoms with E-state index in [2.05, 4.69) is 10.2 Å². The summed E-state index contributed by atoms with van der Waals surface area (Å²) in [4.78, 5) is 0. The number of halogens is 2. The molecule has 74 valence electrons. The molecular formula is C10H4Cl2N2O. The molecule has 5 heteroatoms. The largest absolute Gasteiger partial charge is 0.453 e. The molecule has 1 aromatic carbocycles. The van der Waals surface area contributed by atoms with E-state index in [4.69, 9.17) is 27.6 Å². The van der Waals surface area contributed by atoms with Crippen LogP contribution < -0.4 is 0 Å². The molecule has 0 bridgehead atoms. The molecule has 2 aromatic heterocycles. The maximum Gasteiger partial charge on any atom is 0.195 e. The highest BCUT2D eigenvalue weighted by atomic mass is 35.5. The molecule has 3 aromatic rings. The SMILES string of the molecule is Clc1nnc(Cl)c2c1oc1ccccc12. The smallest absolute Gasteiger partial charge is 0.195 e. The number of hydrogen-bond acceptors (Lipinski definition) is 3. The second-order valence-corrected chi connectivity index (χ2v) is 3.80. The van der Waals surface area contributed by atoms with Crippen molar-refractivity contribution in [3.05, 3.63) is 34.6 Å². The Kier molecular flexibility index (Phi) is 1.84. The lowest BCUT2D eigenvalue weighted by atomic mass is 10.2. The third-order valence-corrected chi connectivity index (χ3v) is 2.73. The van der Waals surface area contributed by atoms with E-state index in [1.54, 1.807) is 0 Å². The standard InChI is InChI=1S/C10H4Cl2N2O/c11-9-7-5-3-1-2-4-6(5)15-8(7)10(12)14-13-9/h1-4H. The normalized spacial score (nSPS) is 11.3. The van der Waals surface area contributed by atoms with Crippen LogP contribution in [0.15, 0.2) is 28.7 Å². The highest BCUT2D eigenvalue weighted by Crippen LogP contribution is 2.34. The molecule has 0 amide bonds. The molecule has 3 nitrogen and oxygen atoms in total. The molecule has 0 saturated carbocycles. The summed E-state index contributed by atoms with van der Waals surface area (Å²) in [7, 11) is 0. The van der Waals surface area contributed by atoms with Crippen LogP contribution in [-0.2, 0) is 0 Å². The monoisotopic (exact) mass is 238 g/mol. The number of fused-ring (bicyclic) bond motifs is 3. The van der Waals surface area contributed by atoms with Crippen LogP contribution in [0.3, 0.4) is 0 Å². The van der Waals surface area contributed by atoms with Crippen LogP contribution in [0, 0.1) is 0 Å². The average molecular weight is 239 g/mol. The van der Waals surface area contributed by atoms with Gasteiger partial charge in [0.2, 0.25) is 0 Å². The van der Waals surface area contributed by atoms with E-state index in [0.717, 1.165) is 11.0 Å². The number of para-hydroxylation sites is 1. The van der Waals surface area contributed by atoms with Gasteiger partial charge in [0.25, 0.3) is 0 Å².